The first-order valence-corrected chi connectivity index (χ1v) is 8.83. The van der Waals surface area contributed by atoms with Gasteiger partial charge in [-0.1, -0.05) is 41.6 Å². The van der Waals surface area contributed by atoms with Crippen molar-refractivity contribution in [2.24, 2.45) is 5.16 Å². The van der Waals surface area contributed by atoms with Gasteiger partial charge in [-0.3, -0.25) is 4.79 Å². The molecule has 0 saturated heterocycles. The summed E-state index contributed by atoms with van der Waals surface area (Å²) < 4.78 is 0. The quantitative estimate of drug-likeness (QED) is 0.262. The fraction of sp³-hybridized carbons (Fsp3) is 0.208. The Morgan fingerprint density at radius 3 is 2.29 bits per heavy atom. The lowest BCUT2D eigenvalue weighted by Gasteiger charge is -2.28. The van der Waals surface area contributed by atoms with E-state index in [0.29, 0.717) is 18.4 Å². The Morgan fingerprint density at radius 1 is 1.00 bits per heavy atom. The summed E-state index contributed by atoms with van der Waals surface area (Å²) in [7, 11) is 0. The molecule has 28 heavy (non-hydrogen) atoms. The molecular weight excluding hydrogens is 350 g/mol. The number of carbonyl (C=O) groups excluding carboxylic acids is 2. The molecule has 0 spiro atoms. The molecule has 4 heteroatoms. The molecule has 3 rings (SSSR count). The predicted molar refractivity (Wildman–Crippen MR) is 109 cm³/mol. The van der Waals surface area contributed by atoms with E-state index in [0.717, 1.165) is 22.3 Å². The third-order valence-electron chi connectivity index (χ3n) is 4.98. The lowest BCUT2D eigenvalue weighted by atomic mass is 9.73. The van der Waals surface area contributed by atoms with Crippen LogP contribution in [-0.2, 0) is 15.0 Å². The van der Waals surface area contributed by atoms with Crippen molar-refractivity contribution in [2.75, 3.05) is 0 Å². The Bertz CT molecular complexity index is 1060. The number of benzene rings is 2. The molecule has 2 aromatic rings. The molecule has 0 saturated carbocycles. The molecule has 4 nitrogen and oxygen atoms in total. The van der Waals surface area contributed by atoms with E-state index in [-0.39, 0.29) is 11.5 Å². The van der Waals surface area contributed by atoms with Gasteiger partial charge in [0.05, 0.1) is 0 Å². The zero-order valence-corrected chi connectivity index (χ0v) is 15.8. The summed E-state index contributed by atoms with van der Waals surface area (Å²) in [6.07, 6.45) is 12.3. The Kier molecular flexibility index (Phi) is 5.16. The van der Waals surface area contributed by atoms with Crippen LogP contribution in [0.4, 0.5) is 0 Å². The van der Waals surface area contributed by atoms with Gasteiger partial charge in [0, 0.05) is 30.7 Å². The van der Waals surface area contributed by atoms with Crippen LogP contribution in [0.2, 0.25) is 0 Å². The number of nitrogens with zero attached hydrogens (tertiary/aromatic N) is 1. The molecule has 0 atom stereocenters. The molecule has 0 fully saturated rings. The largest absolute Gasteiger partial charge is 0.331 e. The highest BCUT2D eigenvalue weighted by Gasteiger charge is 2.42. The van der Waals surface area contributed by atoms with Crippen LogP contribution < -0.4 is 0 Å². The number of carbonyl (C=O) groups is 2. The van der Waals surface area contributed by atoms with E-state index in [1.54, 1.807) is 6.07 Å². The fourth-order valence-corrected chi connectivity index (χ4v) is 3.77. The third kappa shape index (κ3) is 3.10. The van der Waals surface area contributed by atoms with Crippen molar-refractivity contribution in [2.45, 2.75) is 32.1 Å². The first kappa shape index (κ1) is 19.1. The summed E-state index contributed by atoms with van der Waals surface area (Å²) in [6.45, 7) is 2.73. The van der Waals surface area contributed by atoms with Gasteiger partial charge in [-0.25, -0.2) is 4.79 Å². The van der Waals surface area contributed by atoms with E-state index in [2.05, 4.69) is 21.8 Å². The van der Waals surface area contributed by atoms with Crippen molar-refractivity contribution >= 4 is 17.5 Å². The van der Waals surface area contributed by atoms with Crippen molar-refractivity contribution in [1.82, 2.24) is 0 Å². The van der Waals surface area contributed by atoms with Crippen LogP contribution in [0.1, 0.15) is 48.2 Å². The van der Waals surface area contributed by atoms with Gasteiger partial charge >= 0.3 is 5.97 Å². The van der Waals surface area contributed by atoms with Gasteiger partial charge < -0.3 is 4.84 Å². The number of rotatable bonds is 5. The average molecular weight is 369 g/mol. The minimum atomic E-state index is -0.585. The third-order valence-corrected chi connectivity index (χ3v) is 4.98. The van der Waals surface area contributed by atoms with Crippen LogP contribution in [0.25, 0.3) is 11.1 Å². The summed E-state index contributed by atoms with van der Waals surface area (Å²) in [5.74, 6) is 4.61. The van der Waals surface area contributed by atoms with Crippen molar-refractivity contribution in [3.8, 4) is 35.8 Å². The molecule has 0 aliphatic heterocycles. The van der Waals surface area contributed by atoms with E-state index >= 15 is 0 Å². The molecule has 2 aromatic carbocycles. The van der Waals surface area contributed by atoms with Gasteiger partial charge in [-0.2, -0.15) is 0 Å². The topological polar surface area (TPSA) is 55.7 Å². The summed E-state index contributed by atoms with van der Waals surface area (Å²) in [6, 6.07) is 13.5. The SMILES string of the molecule is C#CCC1(CC#C)c2ccccc2-c2ccc(C(=O)/C(C)=N/OC(C)=O)cc21. The number of hydrogen-bond acceptors (Lipinski definition) is 4. The predicted octanol–water partition coefficient (Wildman–Crippen LogP) is 4.12. The second-order valence-electron chi connectivity index (χ2n) is 6.74. The number of hydrogen-bond donors (Lipinski definition) is 0. The van der Waals surface area contributed by atoms with E-state index in [4.69, 9.17) is 12.8 Å². The molecule has 0 unspecified atom stereocenters. The van der Waals surface area contributed by atoms with Gasteiger partial charge in [0.1, 0.15) is 5.71 Å². The Hall–Kier alpha value is -3.63. The maximum Gasteiger partial charge on any atom is 0.331 e. The molecule has 0 amide bonds. The minimum absolute atomic E-state index is 0.0881. The van der Waals surface area contributed by atoms with Crippen molar-refractivity contribution in [3.05, 3.63) is 59.2 Å². The van der Waals surface area contributed by atoms with Gasteiger partial charge in [-0.05, 0) is 35.2 Å². The van der Waals surface area contributed by atoms with E-state index in [1.165, 1.54) is 13.8 Å². The lowest BCUT2D eigenvalue weighted by Crippen LogP contribution is -2.25. The van der Waals surface area contributed by atoms with Crippen molar-refractivity contribution in [3.63, 3.8) is 0 Å². The molecule has 1 aliphatic carbocycles. The van der Waals surface area contributed by atoms with Crippen molar-refractivity contribution in [1.29, 1.82) is 0 Å². The van der Waals surface area contributed by atoms with Crippen molar-refractivity contribution < 1.29 is 14.4 Å². The maximum atomic E-state index is 12.8. The van der Waals surface area contributed by atoms with Crippen LogP contribution in [0.5, 0.6) is 0 Å². The number of oxime groups is 1. The summed E-state index contributed by atoms with van der Waals surface area (Å²) >= 11 is 0. The second-order valence-corrected chi connectivity index (χ2v) is 6.74. The number of terminal acetylenes is 2. The fourth-order valence-electron chi connectivity index (χ4n) is 3.77. The van der Waals surface area contributed by atoms with Gasteiger partial charge in [0.15, 0.2) is 0 Å². The van der Waals surface area contributed by atoms with Gasteiger partial charge in [0.2, 0.25) is 5.78 Å². The van der Waals surface area contributed by atoms with Crippen LogP contribution in [0.3, 0.4) is 0 Å². The summed E-state index contributed by atoms with van der Waals surface area (Å²) in [4.78, 5) is 28.3. The zero-order valence-electron chi connectivity index (χ0n) is 15.8. The van der Waals surface area contributed by atoms with E-state index in [1.807, 2.05) is 36.4 Å². The first-order chi connectivity index (χ1) is 13.4. The molecular formula is C24H19NO3. The Labute approximate surface area is 164 Å². The molecule has 138 valence electrons. The second kappa shape index (κ2) is 7.55. The standard InChI is InChI=1S/C24H19NO3/c1-5-13-24(14-6-2)21-10-8-7-9-19(21)20-12-11-18(15-22(20)24)23(27)16(3)25-28-17(4)26/h1-2,7-12,15H,13-14H2,3-4H3/b25-16+. The van der Waals surface area contributed by atoms with Crippen LogP contribution in [-0.4, -0.2) is 17.5 Å². The Morgan fingerprint density at radius 2 is 1.64 bits per heavy atom. The monoisotopic (exact) mass is 369 g/mol. The summed E-state index contributed by atoms with van der Waals surface area (Å²) in [5.41, 5.74) is 4.11. The average Bonchev–Trinajstić information content (AvgIpc) is 2.96. The molecule has 0 aromatic heterocycles. The number of ketones is 1. The molecule has 0 heterocycles. The van der Waals surface area contributed by atoms with E-state index in [9.17, 15) is 9.59 Å². The summed E-state index contributed by atoms with van der Waals surface area (Å²) in [5, 5.41) is 3.59. The Balaban J connectivity index is 2.15. The highest BCUT2D eigenvalue weighted by atomic mass is 16.7. The highest BCUT2D eigenvalue weighted by Crippen LogP contribution is 2.52. The molecule has 1 aliphatic rings. The molecule has 0 radical (unpaired) electrons. The number of Topliss-reactive ketones (excluding diaryl/α,β-unsaturated/α-hetero) is 1. The molecule has 0 bridgehead atoms. The molecule has 0 N–H and O–H groups in total. The van der Waals surface area contributed by atoms with Crippen LogP contribution >= 0.6 is 0 Å². The highest BCUT2D eigenvalue weighted by molar-refractivity contribution is 6.45. The zero-order chi connectivity index (χ0) is 20.3. The van der Waals surface area contributed by atoms with Crippen LogP contribution in [0.15, 0.2) is 47.6 Å². The van der Waals surface area contributed by atoms with Gasteiger partial charge in [-0.15, -0.1) is 24.7 Å². The maximum absolute atomic E-state index is 12.8. The smallest absolute Gasteiger partial charge is 0.318 e. The first-order valence-electron chi connectivity index (χ1n) is 8.83. The van der Waals surface area contributed by atoms with Crippen LogP contribution in [0, 0.1) is 24.7 Å². The normalized spacial score (nSPS) is 13.6. The van der Waals surface area contributed by atoms with E-state index < -0.39 is 11.4 Å². The number of fused-ring (bicyclic) bond motifs is 3. The lowest BCUT2D eigenvalue weighted by molar-refractivity contribution is -0.140. The van der Waals surface area contributed by atoms with Gasteiger partial charge in [0.25, 0.3) is 0 Å². The minimum Gasteiger partial charge on any atom is -0.318 e.